The van der Waals surface area contributed by atoms with Crippen LogP contribution in [-0.4, -0.2) is 38.8 Å². The summed E-state index contributed by atoms with van der Waals surface area (Å²) in [6.07, 6.45) is 3.13. The molecule has 0 aliphatic rings. The van der Waals surface area contributed by atoms with Gasteiger partial charge in [0.1, 0.15) is 5.75 Å². The van der Waals surface area contributed by atoms with Crippen LogP contribution in [0.25, 0.3) is 11.3 Å². The van der Waals surface area contributed by atoms with Crippen LogP contribution in [-0.2, 0) is 17.6 Å². The highest BCUT2D eigenvalue weighted by atomic mass is 16.5. The number of nitrogens with zero attached hydrogens (tertiary/aromatic N) is 1. The number of hydrogen-bond donors (Lipinski definition) is 1. The zero-order chi connectivity index (χ0) is 21.3. The predicted molar refractivity (Wildman–Crippen MR) is 113 cm³/mol. The molecule has 7 heteroatoms. The van der Waals surface area contributed by atoms with E-state index in [9.17, 15) is 4.79 Å². The molecule has 0 unspecified atom stereocenters. The van der Waals surface area contributed by atoms with Crippen LogP contribution in [0.3, 0.4) is 0 Å². The molecule has 1 amide bonds. The first-order valence-corrected chi connectivity index (χ1v) is 9.69. The Morgan fingerprint density at radius 1 is 0.967 bits per heavy atom. The predicted octanol–water partition coefficient (Wildman–Crippen LogP) is 3.66. The number of hydrogen-bond acceptors (Lipinski definition) is 6. The van der Waals surface area contributed by atoms with Gasteiger partial charge in [0, 0.05) is 24.9 Å². The van der Waals surface area contributed by atoms with Crippen molar-refractivity contribution in [3.8, 4) is 28.6 Å². The molecule has 1 N–H and O–H groups in total. The number of aromatic nitrogens is 1. The summed E-state index contributed by atoms with van der Waals surface area (Å²) in [4.78, 5) is 16.4. The average molecular weight is 410 g/mol. The lowest BCUT2D eigenvalue weighted by molar-refractivity contribution is -0.121. The molecule has 0 spiro atoms. The number of benzene rings is 2. The highest BCUT2D eigenvalue weighted by molar-refractivity contribution is 5.76. The van der Waals surface area contributed by atoms with Crippen molar-refractivity contribution >= 4 is 5.91 Å². The van der Waals surface area contributed by atoms with Gasteiger partial charge in [-0.3, -0.25) is 4.79 Å². The molecule has 0 radical (unpaired) electrons. The summed E-state index contributed by atoms with van der Waals surface area (Å²) in [5.41, 5.74) is 1.97. The minimum Gasteiger partial charge on any atom is -0.497 e. The molecule has 30 heavy (non-hydrogen) atoms. The molecular formula is C23H26N2O5. The number of oxazole rings is 1. The number of aryl methyl sites for hydroxylation is 1. The fourth-order valence-corrected chi connectivity index (χ4v) is 3.01. The molecule has 3 aromatic rings. The molecule has 0 bridgehead atoms. The van der Waals surface area contributed by atoms with E-state index in [4.69, 9.17) is 18.6 Å². The quantitative estimate of drug-likeness (QED) is 0.549. The molecule has 0 fully saturated rings. The number of methoxy groups -OCH3 is 3. The fourth-order valence-electron chi connectivity index (χ4n) is 3.01. The first-order valence-electron chi connectivity index (χ1n) is 9.69. The zero-order valence-electron chi connectivity index (χ0n) is 17.4. The second-order valence-corrected chi connectivity index (χ2v) is 6.64. The van der Waals surface area contributed by atoms with E-state index < -0.39 is 0 Å². The largest absolute Gasteiger partial charge is 0.497 e. The van der Waals surface area contributed by atoms with Crippen LogP contribution in [0.1, 0.15) is 17.9 Å². The second kappa shape index (κ2) is 10.3. The van der Waals surface area contributed by atoms with Gasteiger partial charge in [-0.05, 0) is 48.4 Å². The molecule has 0 aliphatic carbocycles. The Kier molecular flexibility index (Phi) is 7.32. The molecule has 0 saturated heterocycles. The van der Waals surface area contributed by atoms with E-state index in [0.717, 1.165) is 16.9 Å². The van der Waals surface area contributed by atoms with Crippen LogP contribution in [0.2, 0.25) is 0 Å². The molecule has 7 nitrogen and oxygen atoms in total. The van der Waals surface area contributed by atoms with E-state index >= 15 is 0 Å². The van der Waals surface area contributed by atoms with Gasteiger partial charge in [0.15, 0.2) is 23.1 Å². The lowest BCUT2D eigenvalue weighted by Gasteiger charge is -2.10. The lowest BCUT2D eigenvalue weighted by Crippen LogP contribution is -2.25. The van der Waals surface area contributed by atoms with Gasteiger partial charge < -0.3 is 23.9 Å². The van der Waals surface area contributed by atoms with Crippen molar-refractivity contribution in [1.29, 1.82) is 0 Å². The summed E-state index contributed by atoms with van der Waals surface area (Å²) in [5, 5.41) is 2.92. The summed E-state index contributed by atoms with van der Waals surface area (Å²) in [6.45, 7) is 0.539. The Labute approximate surface area is 176 Å². The van der Waals surface area contributed by atoms with Crippen LogP contribution >= 0.6 is 0 Å². The maximum atomic E-state index is 12.1. The molecular weight excluding hydrogens is 384 g/mol. The Morgan fingerprint density at radius 2 is 1.73 bits per heavy atom. The van der Waals surface area contributed by atoms with Crippen molar-refractivity contribution in [2.24, 2.45) is 0 Å². The third-order valence-corrected chi connectivity index (χ3v) is 4.68. The number of rotatable bonds is 10. The van der Waals surface area contributed by atoms with E-state index in [2.05, 4.69) is 10.3 Å². The summed E-state index contributed by atoms with van der Waals surface area (Å²) >= 11 is 0. The lowest BCUT2D eigenvalue weighted by atomic mass is 10.1. The standard InChI is InChI=1S/C23H26N2O5/c1-27-18-7-5-17(6-8-18)21-15-25-23(30-21)11-10-22(26)24-13-12-16-4-9-19(28-2)20(14-16)29-3/h4-9,14-15H,10-13H2,1-3H3,(H,24,26). The molecule has 1 aromatic heterocycles. The molecule has 1 heterocycles. The summed E-state index contributed by atoms with van der Waals surface area (Å²) in [6, 6.07) is 13.3. The van der Waals surface area contributed by atoms with E-state index in [0.29, 0.717) is 49.0 Å². The van der Waals surface area contributed by atoms with Crippen LogP contribution < -0.4 is 19.5 Å². The molecule has 0 atom stereocenters. The van der Waals surface area contributed by atoms with Gasteiger partial charge in [0.25, 0.3) is 0 Å². The topological polar surface area (TPSA) is 82.8 Å². The van der Waals surface area contributed by atoms with E-state index in [-0.39, 0.29) is 5.91 Å². The Morgan fingerprint density at radius 3 is 2.43 bits per heavy atom. The number of carbonyl (C=O) groups excluding carboxylic acids is 1. The number of ether oxygens (including phenoxy) is 3. The van der Waals surface area contributed by atoms with Crippen LogP contribution in [0.15, 0.2) is 53.1 Å². The Bertz CT molecular complexity index is 966. The van der Waals surface area contributed by atoms with E-state index in [1.807, 2.05) is 42.5 Å². The number of amides is 1. The minimum atomic E-state index is -0.0420. The maximum absolute atomic E-state index is 12.1. The third-order valence-electron chi connectivity index (χ3n) is 4.68. The summed E-state index contributed by atoms with van der Waals surface area (Å²) in [7, 11) is 4.83. The number of carbonyl (C=O) groups is 1. The highest BCUT2D eigenvalue weighted by Crippen LogP contribution is 2.27. The van der Waals surface area contributed by atoms with Gasteiger partial charge in [0.05, 0.1) is 27.5 Å². The van der Waals surface area contributed by atoms with Crippen molar-refractivity contribution in [2.45, 2.75) is 19.3 Å². The first kappa shape index (κ1) is 21.2. The van der Waals surface area contributed by atoms with Crippen molar-refractivity contribution < 1.29 is 23.4 Å². The molecule has 0 saturated carbocycles. The molecule has 2 aromatic carbocycles. The first-order chi connectivity index (χ1) is 14.6. The molecule has 0 aliphatic heterocycles. The van der Waals surface area contributed by atoms with Gasteiger partial charge in [-0.2, -0.15) is 0 Å². The number of nitrogens with one attached hydrogen (secondary N) is 1. The smallest absolute Gasteiger partial charge is 0.220 e. The summed E-state index contributed by atoms with van der Waals surface area (Å²) < 4.78 is 21.4. The van der Waals surface area contributed by atoms with Crippen LogP contribution in [0.4, 0.5) is 0 Å². The van der Waals surface area contributed by atoms with Crippen LogP contribution in [0.5, 0.6) is 17.2 Å². The van der Waals surface area contributed by atoms with E-state index in [1.165, 1.54) is 0 Å². The van der Waals surface area contributed by atoms with Crippen molar-refractivity contribution in [3.05, 3.63) is 60.1 Å². The zero-order valence-corrected chi connectivity index (χ0v) is 17.4. The van der Waals surface area contributed by atoms with Gasteiger partial charge in [-0.15, -0.1) is 0 Å². The van der Waals surface area contributed by atoms with Gasteiger partial charge >= 0.3 is 0 Å². The second-order valence-electron chi connectivity index (χ2n) is 6.64. The van der Waals surface area contributed by atoms with Gasteiger partial charge in [-0.25, -0.2) is 4.98 Å². The fraction of sp³-hybridized carbons (Fsp3) is 0.304. The Hall–Kier alpha value is -3.48. The van der Waals surface area contributed by atoms with Crippen LogP contribution in [0, 0.1) is 0 Å². The van der Waals surface area contributed by atoms with Crippen molar-refractivity contribution in [2.75, 3.05) is 27.9 Å². The third kappa shape index (κ3) is 5.53. The van der Waals surface area contributed by atoms with Crippen molar-refractivity contribution in [1.82, 2.24) is 10.3 Å². The molecule has 158 valence electrons. The Balaban J connectivity index is 1.44. The monoisotopic (exact) mass is 410 g/mol. The maximum Gasteiger partial charge on any atom is 0.220 e. The van der Waals surface area contributed by atoms with Gasteiger partial charge in [-0.1, -0.05) is 6.07 Å². The van der Waals surface area contributed by atoms with E-state index in [1.54, 1.807) is 27.5 Å². The van der Waals surface area contributed by atoms with Crippen molar-refractivity contribution in [3.63, 3.8) is 0 Å². The normalized spacial score (nSPS) is 10.5. The van der Waals surface area contributed by atoms with Gasteiger partial charge in [0.2, 0.25) is 5.91 Å². The minimum absolute atomic E-state index is 0.0420. The highest BCUT2D eigenvalue weighted by Gasteiger charge is 2.10. The SMILES string of the molecule is COc1ccc(-c2cnc(CCC(=O)NCCc3ccc(OC)c(OC)c3)o2)cc1. The average Bonchev–Trinajstić information content (AvgIpc) is 3.26. The summed E-state index contributed by atoms with van der Waals surface area (Å²) in [5.74, 6) is 3.31. The molecule has 3 rings (SSSR count).